The molecule has 0 bridgehead atoms. The molecular formula is C30H37N9O4. The van der Waals surface area contributed by atoms with E-state index in [1.54, 1.807) is 0 Å². The lowest BCUT2D eigenvalue weighted by atomic mass is 9.93. The zero-order chi connectivity index (χ0) is 30.8. The summed E-state index contributed by atoms with van der Waals surface area (Å²) in [5, 5.41) is 19.5. The van der Waals surface area contributed by atoms with E-state index in [-0.39, 0.29) is 23.4 Å². The largest absolute Gasteiger partial charge is 0.478 e. The van der Waals surface area contributed by atoms with E-state index in [2.05, 4.69) is 57.2 Å². The van der Waals surface area contributed by atoms with Gasteiger partial charge in [-0.25, -0.2) is 9.97 Å². The van der Waals surface area contributed by atoms with Gasteiger partial charge in [-0.05, 0) is 48.5 Å². The lowest BCUT2D eigenvalue weighted by molar-refractivity contribution is -0.106. The predicted octanol–water partition coefficient (Wildman–Crippen LogP) is 4.02. The van der Waals surface area contributed by atoms with Crippen molar-refractivity contribution in [2.75, 3.05) is 49.4 Å². The molecule has 5 rings (SSSR count). The summed E-state index contributed by atoms with van der Waals surface area (Å²) in [6.07, 6.45) is 1.63. The van der Waals surface area contributed by atoms with Gasteiger partial charge < -0.3 is 36.1 Å². The molecule has 0 spiro atoms. The van der Waals surface area contributed by atoms with Gasteiger partial charge in [-0.15, -0.1) is 0 Å². The van der Waals surface area contributed by atoms with Gasteiger partial charge in [-0.1, -0.05) is 25.9 Å². The van der Waals surface area contributed by atoms with Crippen molar-refractivity contribution in [3.63, 3.8) is 0 Å². The summed E-state index contributed by atoms with van der Waals surface area (Å²) < 4.78 is 16.7. The molecule has 2 aromatic carbocycles. The van der Waals surface area contributed by atoms with Gasteiger partial charge in [0.15, 0.2) is 5.82 Å². The minimum atomic E-state index is -0.121. The normalized spacial score (nSPS) is 13.4. The fourth-order valence-electron chi connectivity index (χ4n) is 4.11. The highest BCUT2D eigenvalue weighted by Crippen LogP contribution is 2.28. The van der Waals surface area contributed by atoms with Gasteiger partial charge in [0, 0.05) is 41.5 Å². The van der Waals surface area contributed by atoms with Crippen LogP contribution in [-0.2, 0) is 14.9 Å². The Balaban J connectivity index is 0.00000135. The van der Waals surface area contributed by atoms with Crippen LogP contribution >= 0.6 is 0 Å². The number of aromatic nitrogens is 3. The van der Waals surface area contributed by atoms with Crippen molar-refractivity contribution in [1.82, 2.24) is 20.0 Å². The monoisotopic (exact) mass is 587 g/mol. The number of nitrogens with two attached hydrogens (primary N) is 2. The summed E-state index contributed by atoms with van der Waals surface area (Å²) in [6.45, 7) is 9.86. The van der Waals surface area contributed by atoms with Crippen molar-refractivity contribution in [1.29, 1.82) is 5.41 Å². The van der Waals surface area contributed by atoms with Crippen LogP contribution in [0.1, 0.15) is 37.7 Å². The summed E-state index contributed by atoms with van der Waals surface area (Å²) in [7, 11) is 0. The molecule has 3 heterocycles. The third-order valence-corrected chi connectivity index (χ3v) is 6.46. The van der Waals surface area contributed by atoms with Crippen LogP contribution in [-0.4, -0.2) is 65.2 Å². The van der Waals surface area contributed by atoms with Crippen LogP contribution in [0.25, 0.3) is 0 Å². The smallest absolute Gasteiger partial charge is 0.204 e. The van der Waals surface area contributed by atoms with Crippen molar-refractivity contribution in [3.8, 4) is 5.75 Å². The minimum Gasteiger partial charge on any atom is -0.478 e. The number of anilines is 5. The number of ether oxygens (including phenoxy) is 2. The van der Waals surface area contributed by atoms with Gasteiger partial charge in [-0.2, -0.15) is 0 Å². The summed E-state index contributed by atoms with van der Waals surface area (Å²) in [5.74, 6) is 2.83. The lowest BCUT2D eigenvalue weighted by Gasteiger charge is -2.26. The average Bonchev–Trinajstić information content (AvgIpc) is 3.48. The van der Waals surface area contributed by atoms with Crippen LogP contribution in [0.5, 0.6) is 5.75 Å². The Morgan fingerprint density at radius 2 is 1.67 bits per heavy atom. The van der Waals surface area contributed by atoms with Gasteiger partial charge >= 0.3 is 0 Å². The molecule has 2 aromatic heterocycles. The van der Waals surface area contributed by atoms with Crippen molar-refractivity contribution < 1.29 is 18.8 Å². The van der Waals surface area contributed by atoms with Crippen LogP contribution in [0, 0.1) is 5.41 Å². The van der Waals surface area contributed by atoms with E-state index < -0.39 is 0 Å². The molecule has 0 aliphatic carbocycles. The number of rotatable bonds is 9. The lowest BCUT2D eigenvalue weighted by Crippen LogP contribution is -2.38. The molecule has 1 aliphatic heterocycles. The number of nitrogen functional groups attached to an aromatic ring is 1. The maximum atomic E-state index is 8.87. The van der Waals surface area contributed by atoms with Gasteiger partial charge in [-0.3, -0.25) is 15.1 Å². The average molecular weight is 588 g/mol. The Labute approximate surface area is 250 Å². The van der Waals surface area contributed by atoms with E-state index in [1.165, 1.54) is 6.33 Å². The first-order valence-electron chi connectivity index (χ1n) is 13.7. The fraction of sp³-hybridized carbons (Fsp3) is 0.300. The van der Waals surface area contributed by atoms with Crippen molar-refractivity contribution in [3.05, 3.63) is 77.8 Å². The maximum Gasteiger partial charge on any atom is 0.204 e. The first-order valence-corrected chi connectivity index (χ1v) is 13.7. The van der Waals surface area contributed by atoms with Gasteiger partial charge in [0.1, 0.15) is 36.2 Å². The number of nitrogens with zero attached hydrogens (tertiary/aromatic N) is 4. The number of primary amides is 1. The van der Waals surface area contributed by atoms with Crippen molar-refractivity contribution in [2.45, 2.75) is 26.2 Å². The molecule has 43 heavy (non-hydrogen) atoms. The zero-order valence-electron chi connectivity index (χ0n) is 24.5. The highest BCUT2D eigenvalue weighted by Gasteiger charge is 2.20. The molecule has 1 fully saturated rings. The molecule has 0 saturated carbocycles. The Bertz CT molecular complexity index is 1490. The van der Waals surface area contributed by atoms with Crippen LogP contribution in [0.3, 0.4) is 0 Å². The molecule has 7 N–H and O–H groups in total. The number of benzene rings is 2. The van der Waals surface area contributed by atoms with E-state index in [0.717, 1.165) is 49.2 Å². The molecule has 1 saturated heterocycles. The minimum absolute atomic E-state index is 0.121. The SMILES string of the molecule is CC(C)(C)c1cc(Nc2ccc(Nc3ncnc(N)c3C(=N)c3ccc(OCN4CCOCC4)cc3)cc2)no1.NC=O. The van der Waals surface area contributed by atoms with Crippen LogP contribution in [0.4, 0.5) is 28.8 Å². The molecule has 0 unspecified atom stereocenters. The van der Waals surface area contributed by atoms with Gasteiger partial charge in [0.05, 0.1) is 24.5 Å². The summed E-state index contributed by atoms with van der Waals surface area (Å²) in [5.41, 5.74) is 13.2. The molecule has 1 amide bonds. The molecular weight excluding hydrogens is 550 g/mol. The molecule has 0 atom stereocenters. The van der Waals surface area contributed by atoms with E-state index in [1.807, 2.05) is 54.6 Å². The Kier molecular flexibility index (Phi) is 10.3. The van der Waals surface area contributed by atoms with E-state index in [9.17, 15) is 0 Å². The summed E-state index contributed by atoms with van der Waals surface area (Å²) in [6, 6.07) is 16.9. The van der Waals surface area contributed by atoms with Gasteiger partial charge in [0.2, 0.25) is 6.41 Å². The predicted molar refractivity (Wildman–Crippen MR) is 165 cm³/mol. The van der Waals surface area contributed by atoms with Crippen molar-refractivity contribution in [2.24, 2.45) is 5.73 Å². The summed E-state index contributed by atoms with van der Waals surface area (Å²) in [4.78, 5) is 19.3. The van der Waals surface area contributed by atoms with E-state index in [4.69, 9.17) is 29.9 Å². The highest BCUT2D eigenvalue weighted by atomic mass is 16.5. The second-order valence-electron chi connectivity index (χ2n) is 10.7. The third kappa shape index (κ3) is 8.50. The van der Waals surface area contributed by atoms with Crippen LogP contribution in [0.2, 0.25) is 0 Å². The highest BCUT2D eigenvalue weighted by molar-refractivity contribution is 6.16. The number of nitrogens with one attached hydrogen (secondary N) is 3. The van der Waals surface area contributed by atoms with E-state index >= 15 is 0 Å². The van der Waals surface area contributed by atoms with E-state index in [0.29, 0.717) is 29.5 Å². The first-order chi connectivity index (χ1) is 20.7. The molecule has 226 valence electrons. The Morgan fingerprint density at radius 3 is 2.28 bits per heavy atom. The van der Waals surface area contributed by atoms with Crippen molar-refractivity contribution >= 4 is 41.0 Å². The zero-order valence-corrected chi connectivity index (χ0v) is 24.5. The number of carbonyl (C=O) groups is 1. The summed E-state index contributed by atoms with van der Waals surface area (Å²) >= 11 is 0. The number of hydrogen-bond acceptors (Lipinski definition) is 12. The Hall–Kier alpha value is -5.01. The standard InChI is InChI=1S/C29H34N8O3.CH3NO/c1-29(2,3)23-16-24(36-40-23)34-20-6-8-21(9-7-20)35-28-25(27(31)32-17-33-28)26(30)19-4-10-22(11-5-19)39-18-37-12-14-38-15-13-37;2-1-3/h4-11,16-17,30H,12-15,18H2,1-3H3,(H,34,36)(H3,31,32,33,35);1H,(H2,2,3). The fourth-order valence-corrected chi connectivity index (χ4v) is 4.11. The van der Waals surface area contributed by atoms with Crippen LogP contribution in [0.15, 0.2) is 65.4 Å². The number of carbonyl (C=O) groups excluding carboxylic acids is 1. The molecule has 0 radical (unpaired) electrons. The Morgan fingerprint density at radius 1 is 1.05 bits per heavy atom. The quantitative estimate of drug-likeness (QED) is 0.140. The molecule has 13 heteroatoms. The second-order valence-corrected chi connectivity index (χ2v) is 10.7. The number of amides is 1. The molecule has 1 aliphatic rings. The third-order valence-electron chi connectivity index (χ3n) is 6.46. The maximum absolute atomic E-state index is 8.87. The second kappa shape index (κ2) is 14.2. The molecule has 4 aromatic rings. The van der Waals surface area contributed by atoms with Crippen LogP contribution < -0.4 is 26.8 Å². The molecule has 13 nitrogen and oxygen atoms in total. The van der Waals surface area contributed by atoms with Gasteiger partial charge in [0.25, 0.3) is 0 Å². The number of hydrogen-bond donors (Lipinski definition) is 5. The first kappa shape index (κ1) is 30.9. The number of morpholine rings is 1. The topological polar surface area (TPSA) is 191 Å².